The summed E-state index contributed by atoms with van der Waals surface area (Å²) in [6.45, 7) is 4.68. The normalized spacial score (nSPS) is 18.2. The lowest BCUT2D eigenvalue weighted by Crippen LogP contribution is -2.45. The topological polar surface area (TPSA) is 58.4 Å². The van der Waals surface area contributed by atoms with Crippen LogP contribution in [-0.4, -0.2) is 41.5 Å². The first-order valence-electron chi connectivity index (χ1n) is 8.74. The van der Waals surface area contributed by atoms with E-state index in [4.69, 9.17) is 4.42 Å². The fraction of sp³-hybridized carbons (Fsp3) is 0.556. The number of hydrogen-bond acceptors (Lipinski definition) is 5. The van der Waals surface area contributed by atoms with Gasteiger partial charge in [-0.1, -0.05) is 0 Å². The molecular formula is C18H24ClN3O2S. The van der Waals surface area contributed by atoms with Gasteiger partial charge in [-0.05, 0) is 57.2 Å². The van der Waals surface area contributed by atoms with Crippen LogP contribution in [0.1, 0.15) is 41.9 Å². The van der Waals surface area contributed by atoms with Crippen molar-refractivity contribution in [2.24, 2.45) is 5.92 Å². The van der Waals surface area contributed by atoms with Crippen LogP contribution in [0.2, 0.25) is 0 Å². The Morgan fingerprint density at radius 2 is 2.08 bits per heavy atom. The van der Waals surface area contributed by atoms with E-state index >= 15 is 0 Å². The van der Waals surface area contributed by atoms with Crippen LogP contribution in [0.3, 0.4) is 0 Å². The second kappa shape index (κ2) is 7.89. The monoisotopic (exact) mass is 381 g/mol. The average Bonchev–Trinajstić information content (AvgIpc) is 3.12. The Morgan fingerprint density at radius 1 is 1.32 bits per heavy atom. The summed E-state index contributed by atoms with van der Waals surface area (Å²) in [6, 6.07) is 4.38. The molecule has 0 spiro atoms. The van der Waals surface area contributed by atoms with Crippen molar-refractivity contribution in [3.8, 4) is 10.8 Å². The molecule has 1 saturated heterocycles. The van der Waals surface area contributed by atoms with Gasteiger partial charge in [-0.25, -0.2) is 4.98 Å². The summed E-state index contributed by atoms with van der Waals surface area (Å²) in [5.41, 5.74) is 0.536. The third-order valence-electron chi connectivity index (χ3n) is 4.85. The minimum Gasteiger partial charge on any atom is -0.459 e. The zero-order chi connectivity index (χ0) is 16.5. The number of thiazole rings is 1. The zero-order valence-electron chi connectivity index (χ0n) is 14.4. The number of carbonyl (C=O) groups is 1. The Hall–Kier alpha value is -1.37. The second-order valence-electron chi connectivity index (χ2n) is 6.87. The first kappa shape index (κ1) is 18.4. The van der Waals surface area contributed by atoms with Gasteiger partial charge in [0.2, 0.25) is 0 Å². The summed E-state index contributed by atoms with van der Waals surface area (Å²) >= 11 is 1.46. The lowest BCUT2D eigenvalue weighted by Gasteiger charge is -2.32. The zero-order valence-corrected chi connectivity index (χ0v) is 16.0. The Balaban J connectivity index is 0.00000182. The van der Waals surface area contributed by atoms with Gasteiger partial charge in [0.05, 0.1) is 0 Å². The molecule has 0 atom stereocenters. The number of nitrogens with one attached hydrogen (secondary N) is 1. The third-order valence-corrected chi connectivity index (χ3v) is 5.71. The molecule has 1 aliphatic carbocycles. The maximum atomic E-state index is 12.7. The number of nitrogens with zero attached hydrogens (tertiary/aromatic N) is 2. The summed E-state index contributed by atoms with van der Waals surface area (Å²) < 4.78 is 5.59. The molecule has 5 nitrogen and oxygen atoms in total. The Morgan fingerprint density at radius 3 is 2.72 bits per heavy atom. The summed E-state index contributed by atoms with van der Waals surface area (Å²) in [4.78, 5) is 19.1. The molecule has 0 bridgehead atoms. The number of piperidine rings is 1. The van der Waals surface area contributed by atoms with E-state index < -0.39 is 0 Å². The maximum absolute atomic E-state index is 12.7. The third kappa shape index (κ3) is 4.43. The summed E-state index contributed by atoms with van der Waals surface area (Å²) in [5.74, 6) is 2.54. The number of aromatic nitrogens is 1. The highest BCUT2D eigenvalue weighted by molar-refractivity contribution is 7.13. The van der Waals surface area contributed by atoms with Crippen LogP contribution in [0, 0.1) is 12.8 Å². The van der Waals surface area contributed by atoms with Crippen molar-refractivity contribution in [3.05, 3.63) is 29.0 Å². The smallest absolute Gasteiger partial charge is 0.273 e. The molecule has 0 unspecified atom stereocenters. The van der Waals surface area contributed by atoms with E-state index in [1.165, 1.54) is 24.2 Å². The summed E-state index contributed by atoms with van der Waals surface area (Å²) in [5, 5.41) is 6.26. The van der Waals surface area contributed by atoms with E-state index in [0.717, 1.165) is 54.9 Å². The molecule has 2 aromatic heterocycles. The van der Waals surface area contributed by atoms with Crippen LogP contribution in [0.15, 0.2) is 21.9 Å². The molecule has 25 heavy (non-hydrogen) atoms. The largest absolute Gasteiger partial charge is 0.459 e. The van der Waals surface area contributed by atoms with E-state index in [1.54, 1.807) is 0 Å². The minimum atomic E-state index is 0. The van der Waals surface area contributed by atoms with Gasteiger partial charge in [-0.2, -0.15) is 0 Å². The molecule has 1 amide bonds. The molecule has 0 radical (unpaired) electrons. The first-order valence-corrected chi connectivity index (χ1v) is 9.62. The van der Waals surface area contributed by atoms with Crippen LogP contribution in [0.5, 0.6) is 0 Å². The summed E-state index contributed by atoms with van der Waals surface area (Å²) in [7, 11) is 0. The number of aryl methyl sites for hydroxylation is 1. The van der Waals surface area contributed by atoms with Crippen LogP contribution >= 0.6 is 23.7 Å². The molecule has 2 fully saturated rings. The number of likely N-dealkylation sites (tertiary alicyclic amines) is 1. The number of rotatable bonds is 5. The molecule has 3 heterocycles. The van der Waals surface area contributed by atoms with E-state index in [1.807, 2.05) is 29.3 Å². The predicted molar refractivity (Wildman–Crippen MR) is 101 cm³/mol. The average molecular weight is 382 g/mol. The number of furan rings is 1. The SMILES string of the molecule is Cc1ccc(-c2nc(C(=O)N3CCC(NCC4CC4)CC3)cs2)o1.Cl. The molecular weight excluding hydrogens is 358 g/mol. The quantitative estimate of drug-likeness (QED) is 0.857. The van der Waals surface area contributed by atoms with Crippen LogP contribution < -0.4 is 5.32 Å². The lowest BCUT2D eigenvalue weighted by molar-refractivity contribution is 0.0700. The molecule has 1 N–H and O–H groups in total. The lowest BCUT2D eigenvalue weighted by atomic mass is 10.0. The molecule has 136 valence electrons. The van der Waals surface area contributed by atoms with Gasteiger partial charge < -0.3 is 14.6 Å². The van der Waals surface area contributed by atoms with Gasteiger partial charge in [0.25, 0.3) is 5.91 Å². The maximum Gasteiger partial charge on any atom is 0.273 e. The molecule has 1 saturated carbocycles. The molecule has 2 aromatic rings. The minimum absolute atomic E-state index is 0. The van der Waals surface area contributed by atoms with Gasteiger partial charge in [-0.15, -0.1) is 23.7 Å². The van der Waals surface area contributed by atoms with Crippen LogP contribution in [0.25, 0.3) is 10.8 Å². The number of hydrogen-bond donors (Lipinski definition) is 1. The van der Waals surface area contributed by atoms with E-state index in [-0.39, 0.29) is 18.3 Å². The van der Waals surface area contributed by atoms with Crippen molar-refractivity contribution in [2.75, 3.05) is 19.6 Å². The summed E-state index contributed by atoms with van der Waals surface area (Å²) in [6.07, 6.45) is 4.83. The fourth-order valence-electron chi connectivity index (χ4n) is 3.14. The highest BCUT2D eigenvalue weighted by Gasteiger charge is 2.27. The van der Waals surface area contributed by atoms with E-state index in [0.29, 0.717) is 11.7 Å². The number of carbonyl (C=O) groups excluding carboxylic acids is 1. The Kier molecular flexibility index (Phi) is 5.81. The number of halogens is 1. The van der Waals surface area contributed by atoms with Crippen LogP contribution in [-0.2, 0) is 0 Å². The Bertz CT molecular complexity index is 717. The van der Waals surface area contributed by atoms with Gasteiger partial charge in [-0.3, -0.25) is 4.79 Å². The highest BCUT2D eigenvalue weighted by atomic mass is 35.5. The van der Waals surface area contributed by atoms with Crippen molar-refractivity contribution >= 4 is 29.7 Å². The number of amides is 1. The molecule has 2 aliphatic rings. The second-order valence-corrected chi connectivity index (χ2v) is 7.72. The fourth-order valence-corrected chi connectivity index (χ4v) is 3.89. The van der Waals surface area contributed by atoms with Gasteiger partial charge >= 0.3 is 0 Å². The van der Waals surface area contributed by atoms with E-state index in [9.17, 15) is 4.79 Å². The van der Waals surface area contributed by atoms with Crippen molar-refractivity contribution < 1.29 is 9.21 Å². The standard InChI is InChI=1S/C18H23N3O2S.ClH/c1-12-2-5-16(23-12)17-20-15(11-24-17)18(22)21-8-6-14(7-9-21)19-10-13-3-4-13;/h2,5,11,13-14,19H,3-4,6-10H2,1H3;1H. The Labute approximate surface area is 158 Å². The molecule has 1 aliphatic heterocycles. The predicted octanol–water partition coefficient (Wildman–Crippen LogP) is 3.74. The highest BCUT2D eigenvalue weighted by Crippen LogP contribution is 2.28. The molecule has 7 heteroatoms. The van der Waals surface area contributed by atoms with Gasteiger partial charge in [0.15, 0.2) is 10.8 Å². The van der Waals surface area contributed by atoms with Gasteiger partial charge in [0, 0.05) is 24.5 Å². The first-order chi connectivity index (χ1) is 11.7. The van der Waals surface area contributed by atoms with E-state index in [2.05, 4.69) is 10.3 Å². The van der Waals surface area contributed by atoms with Crippen molar-refractivity contribution in [1.29, 1.82) is 0 Å². The van der Waals surface area contributed by atoms with Crippen LogP contribution in [0.4, 0.5) is 0 Å². The van der Waals surface area contributed by atoms with Crippen molar-refractivity contribution in [3.63, 3.8) is 0 Å². The molecule has 0 aromatic carbocycles. The van der Waals surface area contributed by atoms with Gasteiger partial charge in [0.1, 0.15) is 11.5 Å². The van der Waals surface area contributed by atoms with Crippen molar-refractivity contribution in [2.45, 2.75) is 38.6 Å². The van der Waals surface area contributed by atoms with Crippen molar-refractivity contribution in [1.82, 2.24) is 15.2 Å². The molecule has 4 rings (SSSR count).